The van der Waals surface area contributed by atoms with E-state index in [1.54, 1.807) is 0 Å². The number of nitrogens with zero attached hydrogens (tertiary/aromatic N) is 3. The largest absolute Gasteiger partial charge is 3.00 e. The minimum atomic E-state index is -2.03. The Bertz CT molecular complexity index is 3640. The molecule has 0 saturated heterocycles. The number of para-hydroxylation sites is 1. The Balaban J connectivity index is 0.000000223. The molecular weight excluding hydrogens is 1070 g/mol. The molecule has 0 aliphatic carbocycles. The average molecular weight is 1120 g/mol. The topological polar surface area (TPSA) is 43.4 Å². The van der Waals surface area contributed by atoms with Crippen molar-refractivity contribution in [1.82, 2.24) is 4.98 Å². The molecule has 0 radical (unpaired) electrons. The van der Waals surface area contributed by atoms with Gasteiger partial charge in [-0.3, -0.25) is 0 Å². The molecule has 1 unspecified atom stereocenters. The smallest absolute Gasteiger partial charge is 0.660 e. The fourth-order valence-corrected chi connectivity index (χ4v) is 13.0. The standard InChI is InChI=1S/C45H28N2O.C17H22GeN.Ir/c1-3-12-29(13-4-1)32-17-11-18-33(28-32)47-40-27-26-36-34-19-8-7-16-31(34)22-23-37(36)43(40)46-45(47)39-25-24-35(30-14-5-2-6-15-30)42-38-20-9-10-21-41(38)48-44(39)42;1-13(2)15-11-17(14-9-7-6-8-10-14)19-12-16(15)18(3,4)5;/h1-24,26-28,45H;6-9,11-13H,1-5H3;/q-2;-1;+3/i;13D;. The van der Waals surface area contributed by atoms with Gasteiger partial charge in [-0.1, -0.05) is 144 Å². The van der Waals surface area contributed by atoms with Gasteiger partial charge in [0, 0.05) is 22.3 Å². The van der Waals surface area contributed by atoms with Crippen LogP contribution in [0.1, 0.15) is 38.4 Å². The first kappa shape index (κ1) is 43.8. The van der Waals surface area contributed by atoms with Crippen molar-refractivity contribution in [3.05, 3.63) is 229 Å². The van der Waals surface area contributed by atoms with Crippen LogP contribution in [0.15, 0.2) is 205 Å². The number of pyridine rings is 1. The van der Waals surface area contributed by atoms with E-state index in [0.717, 1.165) is 83.5 Å². The maximum atomic E-state index is 8.44. The maximum absolute atomic E-state index is 8.44. The minimum absolute atomic E-state index is 0. The first-order valence-electron chi connectivity index (χ1n) is 23.5. The summed E-state index contributed by atoms with van der Waals surface area (Å²) in [4.78, 5) is 6.98. The van der Waals surface area contributed by atoms with Crippen LogP contribution in [0.5, 0.6) is 0 Å². The van der Waals surface area contributed by atoms with Crippen molar-refractivity contribution >= 4 is 78.2 Å². The third kappa shape index (κ3) is 8.34. The van der Waals surface area contributed by atoms with E-state index in [2.05, 4.69) is 197 Å². The number of benzene rings is 9. The van der Waals surface area contributed by atoms with E-state index in [4.69, 9.17) is 11.1 Å². The fraction of sp³-hybridized carbons (Fsp3) is 0.113. The third-order valence-corrected chi connectivity index (χ3v) is 17.1. The Hall–Kier alpha value is -6.76. The molecular formula is C62H50GeIrN3O. The van der Waals surface area contributed by atoms with Gasteiger partial charge in [-0.05, 0) is 63.1 Å². The minimum Gasteiger partial charge on any atom is -0.660 e. The van der Waals surface area contributed by atoms with Gasteiger partial charge in [-0.2, -0.15) is 12.1 Å². The molecule has 9 aromatic carbocycles. The number of fused-ring (bicyclic) bond motifs is 8. The van der Waals surface area contributed by atoms with E-state index < -0.39 is 25.3 Å². The van der Waals surface area contributed by atoms with Gasteiger partial charge < -0.3 is 14.6 Å². The van der Waals surface area contributed by atoms with E-state index in [-0.39, 0.29) is 20.1 Å². The first-order valence-corrected chi connectivity index (χ1v) is 30.3. The van der Waals surface area contributed by atoms with Crippen molar-refractivity contribution in [2.75, 3.05) is 4.90 Å². The number of rotatable bonds is 7. The summed E-state index contributed by atoms with van der Waals surface area (Å²) in [5.41, 5.74) is 13.3. The summed E-state index contributed by atoms with van der Waals surface area (Å²) >= 11 is -2.03. The summed E-state index contributed by atoms with van der Waals surface area (Å²) in [6.45, 7) is 3.91. The summed E-state index contributed by atoms with van der Waals surface area (Å²) in [5.74, 6) is 6.45. The summed E-state index contributed by atoms with van der Waals surface area (Å²) in [6.07, 6.45) is 1.61. The molecule has 0 saturated carbocycles. The second-order valence-electron chi connectivity index (χ2n) is 18.5. The number of hydrogen-bond acceptors (Lipinski definition) is 3. The van der Waals surface area contributed by atoms with Crippen LogP contribution in [-0.4, -0.2) is 18.3 Å². The van der Waals surface area contributed by atoms with Crippen LogP contribution in [-0.2, 0) is 20.1 Å². The Kier molecular flexibility index (Phi) is 12.1. The molecule has 3 heterocycles. The van der Waals surface area contributed by atoms with Gasteiger partial charge in [-0.15, -0.1) is 16.8 Å². The van der Waals surface area contributed by atoms with Crippen molar-refractivity contribution in [3.63, 3.8) is 0 Å². The normalized spacial score (nSPS) is 13.7. The second-order valence-corrected chi connectivity index (χ2v) is 29.1. The van der Waals surface area contributed by atoms with E-state index in [0.29, 0.717) is 0 Å². The molecule has 12 rings (SSSR count). The first-order chi connectivity index (χ1) is 33.0. The van der Waals surface area contributed by atoms with Gasteiger partial charge in [0.05, 0.1) is 0 Å². The van der Waals surface area contributed by atoms with Crippen LogP contribution in [0.25, 0.3) is 82.3 Å². The van der Waals surface area contributed by atoms with E-state index in [9.17, 15) is 0 Å². The summed E-state index contributed by atoms with van der Waals surface area (Å²) < 4.78 is 16.5. The van der Waals surface area contributed by atoms with Gasteiger partial charge >= 0.3 is 141 Å². The summed E-state index contributed by atoms with van der Waals surface area (Å²) in [6, 6.07) is 74.6. The molecule has 0 N–H and O–H groups in total. The van der Waals surface area contributed by atoms with Gasteiger partial charge in [0.25, 0.3) is 0 Å². The van der Waals surface area contributed by atoms with Crippen LogP contribution in [0.3, 0.4) is 0 Å². The Morgan fingerprint density at radius 3 is 2.10 bits per heavy atom. The number of anilines is 2. The average Bonchev–Trinajstić information content (AvgIpc) is 3.96. The molecule has 0 spiro atoms. The van der Waals surface area contributed by atoms with E-state index >= 15 is 0 Å². The van der Waals surface area contributed by atoms with Crippen LogP contribution >= 0.6 is 0 Å². The monoisotopic (exact) mass is 1120 g/mol. The second kappa shape index (κ2) is 18.7. The van der Waals surface area contributed by atoms with Crippen LogP contribution in [0.2, 0.25) is 17.3 Å². The Labute approximate surface area is 416 Å². The van der Waals surface area contributed by atoms with Crippen molar-refractivity contribution in [3.8, 4) is 33.5 Å². The zero-order valence-corrected chi connectivity index (χ0v) is 43.2. The van der Waals surface area contributed by atoms with Gasteiger partial charge in [0.1, 0.15) is 5.58 Å². The molecule has 11 aromatic rings. The number of aromatic nitrogens is 1. The maximum Gasteiger partial charge on any atom is 3.00 e. The number of hydrogen-bond donors (Lipinski definition) is 0. The quantitative estimate of drug-likeness (QED) is 0.0907. The molecule has 0 fully saturated rings. The van der Waals surface area contributed by atoms with Crippen molar-refractivity contribution in [2.24, 2.45) is 0 Å². The van der Waals surface area contributed by atoms with Crippen molar-refractivity contribution < 1.29 is 25.9 Å². The molecule has 1 atom stereocenters. The van der Waals surface area contributed by atoms with Gasteiger partial charge in [0.2, 0.25) is 0 Å². The van der Waals surface area contributed by atoms with Crippen LogP contribution < -0.4 is 9.30 Å². The van der Waals surface area contributed by atoms with Gasteiger partial charge in [0.15, 0.2) is 0 Å². The molecule has 6 heteroatoms. The molecule has 2 aromatic heterocycles. The predicted molar refractivity (Wildman–Crippen MR) is 285 cm³/mol. The van der Waals surface area contributed by atoms with Crippen molar-refractivity contribution in [1.29, 1.82) is 0 Å². The summed E-state index contributed by atoms with van der Waals surface area (Å²) in [7, 11) is 0. The Morgan fingerprint density at radius 2 is 1.35 bits per heavy atom. The molecule has 0 amide bonds. The van der Waals surface area contributed by atoms with Crippen LogP contribution in [0.4, 0.5) is 17.1 Å². The Morgan fingerprint density at radius 1 is 0.662 bits per heavy atom. The fourth-order valence-electron chi connectivity index (χ4n) is 9.64. The zero-order valence-electron chi connectivity index (χ0n) is 39.7. The third-order valence-electron chi connectivity index (χ3n) is 12.9. The number of furan rings is 1. The molecule has 4 nitrogen and oxygen atoms in total. The van der Waals surface area contributed by atoms with Gasteiger partial charge in [-0.25, -0.2) is 0 Å². The summed E-state index contributed by atoms with van der Waals surface area (Å²) in [5, 5.41) is 12.5. The van der Waals surface area contributed by atoms with E-state index in [1.165, 1.54) is 26.1 Å². The van der Waals surface area contributed by atoms with Crippen molar-refractivity contribution in [2.45, 2.75) is 43.2 Å². The zero-order chi connectivity index (χ0) is 46.6. The molecule has 1 aliphatic rings. The SMILES string of the molecule is [2H]C(C)(C)c1cc(-c2[c-]cccc2)nc[c]1[Ge]([CH3])([CH3])[CH3].[Ir+3].[c-]1cc(-c2ccccc2)c2c(oc3ccccc32)c1C1[N-]c2c(ccc3c2ccc2ccccc23)N1c1cccc(-c2ccccc2)c1. The van der Waals surface area contributed by atoms with E-state index in [1.807, 2.05) is 56.4 Å². The molecule has 68 heavy (non-hydrogen) atoms. The van der Waals surface area contributed by atoms with Crippen LogP contribution in [0, 0.1) is 12.1 Å². The molecule has 332 valence electrons. The molecule has 0 bridgehead atoms. The molecule has 1 aliphatic heterocycles. The predicted octanol–water partition coefficient (Wildman–Crippen LogP) is 17.1.